The number of hydrogen-bond donors (Lipinski definition) is 1. The van der Waals surface area contributed by atoms with Crippen LogP contribution < -0.4 is 5.32 Å². The molecule has 0 bridgehead atoms. The van der Waals surface area contributed by atoms with E-state index in [0.717, 1.165) is 12.8 Å². The molecule has 0 aromatic heterocycles. The van der Waals surface area contributed by atoms with Crippen molar-refractivity contribution in [3.8, 4) is 0 Å². The van der Waals surface area contributed by atoms with E-state index in [0.29, 0.717) is 28.7 Å². The Labute approximate surface area is 130 Å². The number of hydrogen-bond acceptors (Lipinski definition) is 3. The van der Waals surface area contributed by atoms with Gasteiger partial charge in [0.1, 0.15) is 0 Å². The highest BCUT2D eigenvalue weighted by atomic mass is 35.5. The van der Waals surface area contributed by atoms with E-state index in [4.69, 9.17) is 23.2 Å². The van der Waals surface area contributed by atoms with Gasteiger partial charge in [0.25, 0.3) is 0 Å². The van der Waals surface area contributed by atoms with Gasteiger partial charge in [0.15, 0.2) is 0 Å². The maximum absolute atomic E-state index is 12.5. The van der Waals surface area contributed by atoms with Crippen LogP contribution >= 0.6 is 23.2 Å². The Bertz CT molecular complexity index is 557. The zero-order chi connectivity index (χ0) is 14.8. The summed E-state index contributed by atoms with van der Waals surface area (Å²) in [5.41, 5.74) is 0.623. The molecule has 20 heavy (non-hydrogen) atoms. The molecule has 0 aliphatic carbocycles. The molecule has 1 aliphatic heterocycles. The molecule has 1 unspecified atom stereocenters. The van der Waals surface area contributed by atoms with Gasteiger partial charge in [0.2, 0.25) is 10.0 Å². The third-order valence-corrected chi connectivity index (χ3v) is 5.72. The van der Waals surface area contributed by atoms with Crippen LogP contribution in [0, 0.1) is 0 Å². The van der Waals surface area contributed by atoms with Gasteiger partial charge in [-0.1, -0.05) is 23.2 Å². The maximum Gasteiger partial charge on any atom is 0.218 e. The molecule has 0 radical (unpaired) electrons. The van der Waals surface area contributed by atoms with Crippen molar-refractivity contribution in [2.45, 2.75) is 24.6 Å². The summed E-state index contributed by atoms with van der Waals surface area (Å²) in [6.45, 7) is 1.26. The lowest BCUT2D eigenvalue weighted by Gasteiger charge is -2.24. The molecule has 1 aliphatic rings. The molecule has 0 saturated carbocycles. The van der Waals surface area contributed by atoms with Gasteiger partial charge in [-0.05, 0) is 43.7 Å². The summed E-state index contributed by atoms with van der Waals surface area (Å²) in [5.74, 6) is -0.0620. The third kappa shape index (κ3) is 3.86. The predicted molar refractivity (Wildman–Crippen MR) is 82.7 cm³/mol. The van der Waals surface area contributed by atoms with E-state index in [9.17, 15) is 8.42 Å². The molecule has 112 valence electrons. The van der Waals surface area contributed by atoms with Gasteiger partial charge in [-0.3, -0.25) is 0 Å². The third-order valence-electron chi connectivity index (χ3n) is 3.39. The van der Waals surface area contributed by atoms with Crippen LogP contribution in [0.2, 0.25) is 10.0 Å². The van der Waals surface area contributed by atoms with Crippen LogP contribution in [0.15, 0.2) is 18.2 Å². The Hall–Kier alpha value is -0.330. The summed E-state index contributed by atoms with van der Waals surface area (Å²) in [6.07, 6.45) is 1.80. The molecule has 1 saturated heterocycles. The fraction of sp³-hybridized carbons (Fsp3) is 0.538. The molecular formula is C13H18Cl2N2O2S. The van der Waals surface area contributed by atoms with Crippen LogP contribution in [0.1, 0.15) is 18.4 Å². The quantitative estimate of drug-likeness (QED) is 0.898. The molecule has 2 rings (SSSR count). The molecule has 1 heterocycles. The van der Waals surface area contributed by atoms with E-state index < -0.39 is 10.0 Å². The minimum Gasteiger partial charge on any atom is -0.318 e. The van der Waals surface area contributed by atoms with Gasteiger partial charge in [0, 0.05) is 29.2 Å². The van der Waals surface area contributed by atoms with E-state index in [-0.39, 0.29) is 11.8 Å². The normalized spacial score (nSPS) is 20.4. The van der Waals surface area contributed by atoms with Crippen LogP contribution in [0.25, 0.3) is 0 Å². The van der Waals surface area contributed by atoms with E-state index in [1.165, 1.54) is 0 Å². The average Bonchev–Trinajstić information content (AvgIpc) is 2.76. The Morgan fingerprint density at radius 2 is 1.95 bits per heavy atom. The SMILES string of the molecule is CNCC1CCCN1S(=O)(=O)Cc1cc(Cl)cc(Cl)c1. The molecule has 1 aromatic rings. The van der Waals surface area contributed by atoms with Crippen molar-refractivity contribution < 1.29 is 8.42 Å². The minimum absolute atomic E-state index is 0.0413. The molecule has 0 amide bonds. The maximum atomic E-state index is 12.5. The fourth-order valence-electron chi connectivity index (χ4n) is 2.60. The molecule has 1 fully saturated rings. The number of sulfonamides is 1. The van der Waals surface area contributed by atoms with Crippen LogP contribution in [0.3, 0.4) is 0 Å². The predicted octanol–water partition coefficient (Wildman–Crippen LogP) is 2.51. The summed E-state index contributed by atoms with van der Waals surface area (Å²) in [7, 11) is -1.51. The average molecular weight is 337 g/mol. The zero-order valence-corrected chi connectivity index (χ0v) is 13.6. The second-order valence-electron chi connectivity index (χ2n) is 5.00. The molecule has 0 spiro atoms. The lowest BCUT2D eigenvalue weighted by molar-refractivity contribution is 0.378. The van der Waals surface area contributed by atoms with E-state index >= 15 is 0 Å². The van der Waals surface area contributed by atoms with Gasteiger partial charge in [-0.15, -0.1) is 0 Å². The highest BCUT2D eigenvalue weighted by molar-refractivity contribution is 7.88. The Kier molecular flexibility index (Phi) is 5.31. The lowest BCUT2D eigenvalue weighted by atomic mass is 10.2. The van der Waals surface area contributed by atoms with Gasteiger partial charge < -0.3 is 5.32 Å². The van der Waals surface area contributed by atoms with E-state index in [1.54, 1.807) is 22.5 Å². The second-order valence-corrected chi connectivity index (χ2v) is 7.79. The standard InChI is InChI=1S/C13H18Cl2N2O2S/c1-16-8-13-3-2-4-17(13)20(18,19)9-10-5-11(14)7-12(15)6-10/h5-7,13,16H,2-4,8-9H2,1H3. The van der Waals surface area contributed by atoms with Crippen LogP contribution in [-0.4, -0.2) is 38.9 Å². The first kappa shape index (κ1) is 16.0. The Balaban J connectivity index is 2.18. The summed E-state index contributed by atoms with van der Waals surface area (Å²) in [5, 5.41) is 3.95. The number of nitrogens with one attached hydrogen (secondary N) is 1. The van der Waals surface area contributed by atoms with E-state index in [1.807, 2.05) is 7.05 Å². The number of halogens is 2. The number of rotatable bonds is 5. The van der Waals surface area contributed by atoms with Crippen molar-refractivity contribution in [2.75, 3.05) is 20.1 Å². The van der Waals surface area contributed by atoms with Gasteiger partial charge in [-0.25, -0.2) is 8.42 Å². The minimum atomic E-state index is -3.34. The van der Waals surface area contributed by atoms with E-state index in [2.05, 4.69) is 5.32 Å². The van der Waals surface area contributed by atoms with Gasteiger partial charge >= 0.3 is 0 Å². The van der Waals surface area contributed by atoms with Crippen molar-refractivity contribution in [1.82, 2.24) is 9.62 Å². The first-order chi connectivity index (χ1) is 9.42. The van der Waals surface area contributed by atoms with Gasteiger partial charge in [0.05, 0.1) is 5.75 Å². The molecular weight excluding hydrogens is 319 g/mol. The van der Waals surface area contributed by atoms with Crippen molar-refractivity contribution in [2.24, 2.45) is 0 Å². The molecule has 1 atom stereocenters. The summed E-state index contributed by atoms with van der Waals surface area (Å²) in [4.78, 5) is 0. The lowest BCUT2D eigenvalue weighted by Crippen LogP contribution is -2.41. The summed E-state index contributed by atoms with van der Waals surface area (Å²) in [6, 6.07) is 4.93. The first-order valence-electron chi connectivity index (χ1n) is 6.51. The first-order valence-corrected chi connectivity index (χ1v) is 8.88. The monoisotopic (exact) mass is 336 g/mol. The van der Waals surface area contributed by atoms with Crippen molar-refractivity contribution >= 4 is 33.2 Å². The molecule has 1 N–H and O–H groups in total. The zero-order valence-electron chi connectivity index (χ0n) is 11.3. The number of benzene rings is 1. The van der Waals surface area contributed by atoms with Crippen LogP contribution in [0.4, 0.5) is 0 Å². The highest BCUT2D eigenvalue weighted by Gasteiger charge is 2.33. The Morgan fingerprint density at radius 3 is 2.55 bits per heavy atom. The van der Waals surface area contributed by atoms with Gasteiger partial charge in [-0.2, -0.15) is 4.31 Å². The topological polar surface area (TPSA) is 49.4 Å². The fourth-order valence-corrected chi connectivity index (χ4v) is 4.97. The van der Waals surface area contributed by atoms with Crippen molar-refractivity contribution in [3.63, 3.8) is 0 Å². The summed E-state index contributed by atoms with van der Waals surface area (Å²) < 4.78 is 26.6. The second kappa shape index (κ2) is 6.62. The Morgan fingerprint density at radius 1 is 1.30 bits per heavy atom. The highest BCUT2D eigenvalue weighted by Crippen LogP contribution is 2.25. The van der Waals surface area contributed by atoms with Crippen LogP contribution in [0.5, 0.6) is 0 Å². The largest absolute Gasteiger partial charge is 0.318 e. The number of likely N-dealkylation sites (N-methyl/N-ethyl adjacent to an activating group) is 1. The molecule has 7 heteroatoms. The van der Waals surface area contributed by atoms with Crippen molar-refractivity contribution in [1.29, 1.82) is 0 Å². The molecule has 4 nitrogen and oxygen atoms in total. The van der Waals surface area contributed by atoms with Crippen molar-refractivity contribution in [3.05, 3.63) is 33.8 Å². The summed E-state index contributed by atoms with van der Waals surface area (Å²) >= 11 is 11.8. The number of nitrogens with zero attached hydrogens (tertiary/aromatic N) is 1. The molecule has 1 aromatic carbocycles. The smallest absolute Gasteiger partial charge is 0.218 e. The van der Waals surface area contributed by atoms with Crippen LogP contribution in [-0.2, 0) is 15.8 Å².